The Morgan fingerprint density at radius 1 is 1.59 bits per heavy atom. The van der Waals surface area contributed by atoms with Gasteiger partial charge in [0.1, 0.15) is 17.6 Å². The van der Waals surface area contributed by atoms with E-state index in [1.165, 1.54) is 0 Å². The van der Waals surface area contributed by atoms with Gasteiger partial charge in [-0.25, -0.2) is 0 Å². The minimum atomic E-state index is -0.919. The second kappa shape index (κ2) is 4.45. The number of anilines is 1. The van der Waals surface area contributed by atoms with Crippen molar-refractivity contribution in [2.45, 2.75) is 31.6 Å². The highest BCUT2D eigenvalue weighted by Crippen LogP contribution is 2.38. The maximum absolute atomic E-state index is 11.4. The van der Waals surface area contributed by atoms with Crippen LogP contribution in [0, 0.1) is 17.2 Å². The van der Waals surface area contributed by atoms with Gasteiger partial charge in [-0.3, -0.25) is 9.89 Å². The van der Waals surface area contributed by atoms with Crippen LogP contribution in [0.2, 0.25) is 0 Å². The number of nitrogens with two attached hydrogens (primary N) is 1. The molecule has 1 aliphatic carbocycles. The Kier molecular flexibility index (Phi) is 3.00. The molecule has 6 heteroatoms. The molecule has 1 saturated carbocycles. The zero-order valence-electron chi connectivity index (χ0n) is 9.31. The predicted molar refractivity (Wildman–Crippen MR) is 60.0 cm³/mol. The lowest BCUT2D eigenvalue weighted by atomic mass is 9.86. The summed E-state index contributed by atoms with van der Waals surface area (Å²) < 4.78 is 0. The first-order chi connectivity index (χ1) is 8.15. The molecule has 1 atom stereocenters. The predicted octanol–water partition coefficient (Wildman–Crippen LogP) is 1.22. The molecule has 1 fully saturated rings. The minimum Gasteiger partial charge on any atom is -0.481 e. The Morgan fingerprint density at radius 2 is 2.24 bits per heavy atom. The van der Waals surface area contributed by atoms with E-state index in [0.717, 1.165) is 25.7 Å². The third-order valence-electron chi connectivity index (χ3n) is 3.38. The molecule has 0 aromatic carbocycles. The lowest BCUT2D eigenvalue weighted by molar-refractivity contribution is -0.140. The zero-order chi connectivity index (χ0) is 12.4. The maximum atomic E-state index is 11.4. The van der Waals surface area contributed by atoms with Crippen LogP contribution in [0.25, 0.3) is 0 Å². The average Bonchev–Trinajstić information content (AvgIpc) is 2.89. The number of nitrogens with zero attached hydrogens (tertiary/aromatic N) is 2. The van der Waals surface area contributed by atoms with Crippen molar-refractivity contribution in [1.29, 1.82) is 5.26 Å². The topological polar surface area (TPSA) is 116 Å². The van der Waals surface area contributed by atoms with Crippen LogP contribution < -0.4 is 5.73 Å². The summed E-state index contributed by atoms with van der Waals surface area (Å²) >= 11 is 0. The van der Waals surface area contributed by atoms with Crippen molar-refractivity contribution in [3.05, 3.63) is 11.3 Å². The van der Waals surface area contributed by atoms with Crippen molar-refractivity contribution in [2.24, 2.45) is 5.92 Å². The van der Waals surface area contributed by atoms with Crippen molar-refractivity contribution >= 4 is 11.8 Å². The highest BCUT2D eigenvalue weighted by molar-refractivity contribution is 5.77. The van der Waals surface area contributed by atoms with Gasteiger partial charge < -0.3 is 10.8 Å². The Morgan fingerprint density at radius 3 is 2.76 bits per heavy atom. The van der Waals surface area contributed by atoms with Gasteiger partial charge in [-0.2, -0.15) is 10.4 Å². The molecule has 0 radical (unpaired) electrons. The Hall–Kier alpha value is -2.03. The van der Waals surface area contributed by atoms with Crippen molar-refractivity contribution < 1.29 is 9.90 Å². The molecule has 17 heavy (non-hydrogen) atoms. The Labute approximate surface area is 98.4 Å². The summed E-state index contributed by atoms with van der Waals surface area (Å²) in [6.07, 6.45) is 3.83. The highest BCUT2D eigenvalue weighted by atomic mass is 16.4. The van der Waals surface area contributed by atoms with Gasteiger partial charge >= 0.3 is 5.97 Å². The van der Waals surface area contributed by atoms with Gasteiger partial charge in [0.15, 0.2) is 5.82 Å². The van der Waals surface area contributed by atoms with Crippen LogP contribution in [0.3, 0.4) is 0 Å². The quantitative estimate of drug-likeness (QED) is 0.727. The molecule has 2 rings (SSSR count). The molecule has 1 aromatic rings. The Balaban J connectivity index is 2.39. The number of nitrogens with one attached hydrogen (secondary N) is 1. The van der Waals surface area contributed by atoms with E-state index in [2.05, 4.69) is 10.2 Å². The summed E-state index contributed by atoms with van der Waals surface area (Å²) in [6.45, 7) is 0. The molecule has 0 bridgehead atoms. The van der Waals surface area contributed by atoms with Crippen LogP contribution in [-0.4, -0.2) is 21.3 Å². The smallest absolute Gasteiger partial charge is 0.312 e. The lowest BCUT2D eigenvalue weighted by Crippen LogP contribution is -2.21. The zero-order valence-corrected chi connectivity index (χ0v) is 9.31. The molecule has 1 unspecified atom stereocenters. The maximum Gasteiger partial charge on any atom is 0.312 e. The molecule has 6 nitrogen and oxygen atoms in total. The number of carbonyl (C=O) groups is 1. The third-order valence-corrected chi connectivity index (χ3v) is 3.38. The molecule has 0 amide bonds. The normalized spacial score (nSPS) is 17.8. The van der Waals surface area contributed by atoms with Gasteiger partial charge in [0, 0.05) is 0 Å². The Bertz CT molecular complexity index is 468. The number of nitriles is 1. The summed E-state index contributed by atoms with van der Waals surface area (Å²) in [5.74, 6) is -1.47. The average molecular weight is 234 g/mol. The van der Waals surface area contributed by atoms with E-state index in [4.69, 9.17) is 11.0 Å². The van der Waals surface area contributed by atoms with Crippen LogP contribution in [0.15, 0.2) is 0 Å². The van der Waals surface area contributed by atoms with Gasteiger partial charge in [0.25, 0.3) is 0 Å². The molecule has 1 heterocycles. The van der Waals surface area contributed by atoms with Gasteiger partial charge in [0.2, 0.25) is 0 Å². The summed E-state index contributed by atoms with van der Waals surface area (Å²) in [5, 5.41) is 24.6. The summed E-state index contributed by atoms with van der Waals surface area (Å²) in [6, 6.07) is 1.92. The van der Waals surface area contributed by atoms with Gasteiger partial charge in [-0.05, 0) is 18.8 Å². The largest absolute Gasteiger partial charge is 0.481 e. The highest BCUT2D eigenvalue weighted by Gasteiger charge is 2.35. The fourth-order valence-electron chi connectivity index (χ4n) is 2.56. The monoisotopic (exact) mass is 234 g/mol. The van der Waals surface area contributed by atoms with Gasteiger partial charge in [-0.1, -0.05) is 12.8 Å². The van der Waals surface area contributed by atoms with Crippen LogP contribution in [0.1, 0.15) is 42.9 Å². The molecule has 4 N–H and O–H groups in total. The van der Waals surface area contributed by atoms with E-state index in [9.17, 15) is 9.90 Å². The molecule has 0 aliphatic heterocycles. The first kappa shape index (κ1) is 11.5. The molecule has 0 spiro atoms. The van der Waals surface area contributed by atoms with Crippen LogP contribution in [-0.2, 0) is 4.79 Å². The van der Waals surface area contributed by atoms with E-state index < -0.39 is 11.9 Å². The number of rotatable bonds is 3. The van der Waals surface area contributed by atoms with Crippen molar-refractivity contribution in [1.82, 2.24) is 10.2 Å². The molecular weight excluding hydrogens is 220 g/mol. The van der Waals surface area contributed by atoms with Crippen LogP contribution >= 0.6 is 0 Å². The second-order valence-electron chi connectivity index (χ2n) is 4.37. The molecular formula is C11H14N4O2. The van der Waals surface area contributed by atoms with E-state index >= 15 is 0 Å². The van der Waals surface area contributed by atoms with E-state index in [-0.39, 0.29) is 17.3 Å². The number of hydrogen-bond acceptors (Lipinski definition) is 4. The fraction of sp³-hybridized carbons (Fsp3) is 0.545. The van der Waals surface area contributed by atoms with Gasteiger partial charge in [-0.15, -0.1) is 0 Å². The SMILES string of the molecule is N#Cc1c(N)n[nH]c1C(C(=O)O)C1CCCC1. The standard InChI is InChI=1S/C11H14N4O2/c12-5-7-9(14-15-10(7)13)8(11(16)17)6-3-1-2-4-6/h6,8H,1-4H2,(H,16,17)(H3,13,14,15). The number of aliphatic carboxylic acids is 1. The number of aromatic nitrogens is 2. The van der Waals surface area contributed by atoms with Crippen LogP contribution in [0.4, 0.5) is 5.82 Å². The number of carboxylic acids is 1. The number of hydrogen-bond donors (Lipinski definition) is 3. The van der Waals surface area contributed by atoms with E-state index in [1.54, 1.807) is 0 Å². The molecule has 1 aromatic heterocycles. The first-order valence-electron chi connectivity index (χ1n) is 5.61. The third kappa shape index (κ3) is 1.96. The van der Waals surface area contributed by atoms with Crippen molar-refractivity contribution in [3.8, 4) is 6.07 Å². The molecule has 90 valence electrons. The lowest BCUT2D eigenvalue weighted by Gasteiger charge is -2.17. The number of carboxylic acid groups (broad SMARTS) is 1. The molecule has 0 saturated heterocycles. The second-order valence-corrected chi connectivity index (χ2v) is 4.37. The first-order valence-corrected chi connectivity index (χ1v) is 5.61. The number of aromatic amines is 1. The number of nitrogen functional groups attached to an aromatic ring is 1. The van der Waals surface area contributed by atoms with E-state index in [0.29, 0.717) is 5.69 Å². The molecule has 1 aliphatic rings. The van der Waals surface area contributed by atoms with E-state index in [1.807, 2.05) is 6.07 Å². The van der Waals surface area contributed by atoms with Crippen LogP contribution in [0.5, 0.6) is 0 Å². The summed E-state index contributed by atoms with van der Waals surface area (Å²) in [5.41, 5.74) is 6.05. The summed E-state index contributed by atoms with van der Waals surface area (Å²) in [4.78, 5) is 11.4. The van der Waals surface area contributed by atoms with Gasteiger partial charge in [0.05, 0.1) is 5.69 Å². The number of H-pyrrole nitrogens is 1. The summed E-state index contributed by atoms with van der Waals surface area (Å²) in [7, 11) is 0. The van der Waals surface area contributed by atoms with Crippen molar-refractivity contribution in [2.75, 3.05) is 5.73 Å². The fourth-order valence-corrected chi connectivity index (χ4v) is 2.56. The minimum absolute atomic E-state index is 0.0689. The van der Waals surface area contributed by atoms with Crippen molar-refractivity contribution in [3.63, 3.8) is 0 Å².